The third-order valence-corrected chi connectivity index (χ3v) is 4.33. The topological polar surface area (TPSA) is 0 Å². The Labute approximate surface area is 117 Å². The van der Waals surface area contributed by atoms with Crippen LogP contribution >= 0.6 is 0 Å². The number of fused-ring (bicyclic) bond motifs is 5. The van der Waals surface area contributed by atoms with Gasteiger partial charge in [-0.1, -0.05) is 48.5 Å². The van der Waals surface area contributed by atoms with E-state index >= 15 is 0 Å². The molecule has 2 aliphatic rings. The van der Waals surface area contributed by atoms with E-state index in [9.17, 15) is 0 Å². The first-order valence-corrected chi connectivity index (χ1v) is 6.96. The van der Waals surface area contributed by atoms with Crippen molar-refractivity contribution >= 4 is 28.5 Å². The number of allylic oxidation sites excluding steroid dienone is 1. The highest BCUT2D eigenvalue weighted by atomic mass is 14.2. The van der Waals surface area contributed by atoms with Crippen LogP contribution in [0, 0.1) is 0 Å². The van der Waals surface area contributed by atoms with E-state index in [0.29, 0.717) is 0 Å². The fourth-order valence-electron chi connectivity index (χ4n) is 3.42. The molecule has 0 spiro atoms. The third-order valence-electron chi connectivity index (χ3n) is 4.33. The van der Waals surface area contributed by atoms with Gasteiger partial charge < -0.3 is 0 Å². The van der Waals surface area contributed by atoms with Crippen molar-refractivity contribution in [3.8, 4) is 0 Å². The Bertz CT molecular complexity index is 1030. The van der Waals surface area contributed by atoms with Crippen LogP contribution in [0.25, 0.3) is 28.5 Å². The molecule has 0 aliphatic heterocycles. The molecule has 0 saturated carbocycles. The molecule has 0 heterocycles. The predicted octanol–water partition coefficient (Wildman–Crippen LogP) is 3.23. The van der Waals surface area contributed by atoms with Gasteiger partial charge in [0.15, 0.2) is 0 Å². The number of hydrogen-bond acceptors (Lipinski definition) is 0. The van der Waals surface area contributed by atoms with Crippen molar-refractivity contribution in [3.63, 3.8) is 0 Å². The van der Waals surface area contributed by atoms with Crippen LogP contribution < -0.4 is 10.4 Å². The molecule has 0 unspecified atom stereocenters. The third kappa shape index (κ3) is 1.21. The van der Waals surface area contributed by atoms with Gasteiger partial charge in [0.1, 0.15) is 0 Å². The van der Waals surface area contributed by atoms with Crippen LogP contribution in [0.1, 0.15) is 11.1 Å². The van der Waals surface area contributed by atoms with E-state index in [0.717, 1.165) is 0 Å². The summed E-state index contributed by atoms with van der Waals surface area (Å²) in [6, 6.07) is 21.9. The molecule has 20 heavy (non-hydrogen) atoms. The molecule has 0 heteroatoms. The Balaban J connectivity index is 1.95. The molecule has 0 aromatic heterocycles. The van der Waals surface area contributed by atoms with Gasteiger partial charge in [-0.15, -0.1) is 0 Å². The highest BCUT2D eigenvalue weighted by molar-refractivity contribution is 6.06. The van der Waals surface area contributed by atoms with Crippen molar-refractivity contribution in [2.24, 2.45) is 0 Å². The lowest BCUT2D eigenvalue weighted by atomic mass is 9.99. The van der Waals surface area contributed by atoms with Gasteiger partial charge in [-0.25, -0.2) is 0 Å². The summed E-state index contributed by atoms with van der Waals surface area (Å²) >= 11 is 0. The average molecular weight is 252 g/mol. The Hall–Kier alpha value is -2.60. The quantitative estimate of drug-likeness (QED) is 0.576. The predicted molar refractivity (Wildman–Crippen MR) is 84.6 cm³/mol. The highest BCUT2D eigenvalue weighted by Crippen LogP contribution is 2.37. The largest absolute Gasteiger partial charge is 0.0616 e. The minimum atomic E-state index is 1.32. The van der Waals surface area contributed by atoms with Gasteiger partial charge in [0.2, 0.25) is 0 Å². The first kappa shape index (κ1) is 10.2. The van der Waals surface area contributed by atoms with Crippen molar-refractivity contribution in [2.75, 3.05) is 0 Å². The van der Waals surface area contributed by atoms with Gasteiger partial charge in [0.25, 0.3) is 0 Å². The maximum absolute atomic E-state index is 2.33. The molecule has 0 amide bonds. The molecule has 0 N–H and O–H groups in total. The van der Waals surface area contributed by atoms with Crippen LogP contribution in [0.3, 0.4) is 0 Å². The van der Waals surface area contributed by atoms with E-state index in [-0.39, 0.29) is 0 Å². The molecule has 92 valence electrons. The second-order valence-electron chi connectivity index (χ2n) is 5.49. The summed E-state index contributed by atoms with van der Waals surface area (Å²) in [6.45, 7) is 0. The summed E-state index contributed by atoms with van der Waals surface area (Å²) < 4.78 is 0. The Morgan fingerprint density at radius 1 is 0.650 bits per heavy atom. The van der Waals surface area contributed by atoms with Crippen molar-refractivity contribution < 1.29 is 0 Å². The van der Waals surface area contributed by atoms with E-state index in [2.05, 4.69) is 72.8 Å². The molecule has 0 bridgehead atoms. The molecule has 2 aliphatic carbocycles. The zero-order valence-corrected chi connectivity index (χ0v) is 10.9. The van der Waals surface area contributed by atoms with E-state index < -0.39 is 0 Å². The average Bonchev–Trinajstić information content (AvgIpc) is 3.00. The summed E-state index contributed by atoms with van der Waals surface area (Å²) in [5.41, 5.74) is 5.48. The standard InChI is InChI=1S/C20H12/c1-2-6-14-12-19-16(9-13(14)5-1)11-17-10-15-7-3-4-8-18(15)20(17)19/h1-12H. The van der Waals surface area contributed by atoms with E-state index in [1.807, 2.05) is 0 Å². The van der Waals surface area contributed by atoms with Crippen molar-refractivity contribution in [1.82, 2.24) is 0 Å². The second-order valence-corrected chi connectivity index (χ2v) is 5.49. The molecule has 0 nitrogen and oxygen atoms in total. The Morgan fingerprint density at radius 3 is 2.30 bits per heavy atom. The van der Waals surface area contributed by atoms with Crippen LogP contribution in [0.5, 0.6) is 0 Å². The zero-order chi connectivity index (χ0) is 13.1. The van der Waals surface area contributed by atoms with Crippen LogP contribution in [0.2, 0.25) is 0 Å². The molecule has 0 atom stereocenters. The van der Waals surface area contributed by atoms with E-state index in [1.54, 1.807) is 0 Å². The minimum Gasteiger partial charge on any atom is -0.0616 e. The summed E-state index contributed by atoms with van der Waals surface area (Å²) in [5.74, 6) is 0. The summed E-state index contributed by atoms with van der Waals surface area (Å²) in [6.07, 6.45) is 4.62. The van der Waals surface area contributed by atoms with Gasteiger partial charge in [0, 0.05) is 0 Å². The molecular formula is C20H12. The fraction of sp³-hybridized carbons (Fsp3) is 0. The Morgan fingerprint density at radius 2 is 1.40 bits per heavy atom. The van der Waals surface area contributed by atoms with Gasteiger partial charge >= 0.3 is 0 Å². The van der Waals surface area contributed by atoms with Crippen LogP contribution in [-0.2, 0) is 0 Å². The normalized spacial score (nSPS) is 14.6. The van der Waals surface area contributed by atoms with E-state index in [4.69, 9.17) is 0 Å². The van der Waals surface area contributed by atoms with Crippen molar-refractivity contribution in [2.45, 2.75) is 0 Å². The lowest BCUT2D eigenvalue weighted by molar-refractivity contribution is 1.51. The van der Waals surface area contributed by atoms with Gasteiger partial charge in [0.05, 0.1) is 0 Å². The summed E-state index contributed by atoms with van der Waals surface area (Å²) in [7, 11) is 0. The van der Waals surface area contributed by atoms with Gasteiger partial charge in [-0.05, 0) is 67.8 Å². The molecule has 0 fully saturated rings. The van der Waals surface area contributed by atoms with Gasteiger partial charge in [-0.2, -0.15) is 0 Å². The molecule has 0 saturated heterocycles. The van der Waals surface area contributed by atoms with Gasteiger partial charge in [-0.3, -0.25) is 0 Å². The first-order valence-electron chi connectivity index (χ1n) is 6.96. The molecular weight excluding hydrogens is 240 g/mol. The maximum atomic E-state index is 2.33. The molecule has 5 rings (SSSR count). The maximum Gasteiger partial charge on any atom is -0.00262 e. The molecule has 3 aromatic carbocycles. The van der Waals surface area contributed by atoms with E-state index in [1.165, 1.54) is 43.5 Å². The number of hydrogen-bond donors (Lipinski definition) is 0. The van der Waals surface area contributed by atoms with Crippen LogP contribution in [-0.4, -0.2) is 0 Å². The van der Waals surface area contributed by atoms with Crippen LogP contribution in [0.4, 0.5) is 0 Å². The highest BCUT2D eigenvalue weighted by Gasteiger charge is 2.21. The summed E-state index contributed by atoms with van der Waals surface area (Å²) in [5, 5.41) is 5.34. The SMILES string of the molecule is C1=C2C=c3ccccc3=C2c2cc3ccccc3cc21. The summed E-state index contributed by atoms with van der Waals surface area (Å²) in [4.78, 5) is 0. The smallest absolute Gasteiger partial charge is 0.00262 e. The molecule has 3 aromatic rings. The second kappa shape index (κ2) is 3.49. The monoisotopic (exact) mass is 252 g/mol. The zero-order valence-electron chi connectivity index (χ0n) is 10.9. The number of rotatable bonds is 0. The minimum absolute atomic E-state index is 1.32. The van der Waals surface area contributed by atoms with Crippen molar-refractivity contribution in [1.29, 1.82) is 0 Å². The van der Waals surface area contributed by atoms with Crippen molar-refractivity contribution in [3.05, 3.63) is 87.8 Å². The lowest BCUT2D eigenvalue weighted by Gasteiger charge is -2.05. The fourth-order valence-corrected chi connectivity index (χ4v) is 3.42. The van der Waals surface area contributed by atoms with Crippen LogP contribution in [0.15, 0.2) is 66.2 Å². The molecule has 0 radical (unpaired) electrons. The number of benzene rings is 3. The first-order chi connectivity index (χ1) is 9.90. The lowest BCUT2D eigenvalue weighted by Crippen LogP contribution is -2.22. The Kier molecular flexibility index (Phi) is 1.78.